The Balaban J connectivity index is 1.72. The maximum Gasteiger partial charge on any atom is 0.264 e. The summed E-state index contributed by atoms with van der Waals surface area (Å²) in [5, 5.41) is 3.89. The van der Waals surface area contributed by atoms with Crippen LogP contribution in [-0.2, 0) is 6.61 Å². The lowest BCUT2D eigenvalue weighted by Crippen LogP contribution is -2.00. The first kappa shape index (κ1) is 15.8. The Morgan fingerprint density at radius 1 is 1.04 bits per heavy atom. The fourth-order valence-electron chi connectivity index (χ4n) is 2.09. The van der Waals surface area contributed by atoms with Gasteiger partial charge in [-0.3, -0.25) is 0 Å². The molecule has 0 radical (unpaired) electrons. The van der Waals surface area contributed by atoms with Crippen LogP contribution in [0.4, 0.5) is 4.39 Å². The maximum absolute atomic E-state index is 13.8. The van der Waals surface area contributed by atoms with Gasteiger partial charge in [0.05, 0.1) is 14.2 Å². The van der Waals surface area contributed by atoms with Gasteiger partial charge in [-0.15, -0.1) is 0 Å². The average Bonchev–Trinajstić information content (AvgIpc) is 3.09. The number of rotatable bonds is 6. The number of aromatic nitrogens is 2. The molecule has 1 heterocycles. The summed E-state index contributed by atoms with van der Waals surface area (Å²) in [7, 11) is 3.03. The third kappa shape index (κ3) is 3.29. The lowest BCUT2D eigenvalue weighted by atomic mass is 10.2. The number of nitrogens with zero attached hydrogens (tertiary/aromatic N) is 2. The van der Waals surface area contributed by atoms with Gasteiger partial charge in [0.2, 0.25) is 5.82 Å². The summed E-state index contributed by atoms with van der Waals surface area (Å²) in [6, 6.07) is 11.7. The summed E-state index contributed by atoms with van der Waals surface area (Å²) in [5.41, 5.74) is 0.772. The average molecular weight is 330 g/mol. The molecule has 3 rings (SSSR count). The molecule has 0 aliphatic rings. The molecule has 124 valence electrons. The van der Waals surface area contributed by atoms with Crippen molar-refractivity contribution in [3.05, 3.63) is 54.2 Å². The van der Waals surface area contributed by atoms with Crippen molar-refractivity contribution in [2.45, 2.75) is 6.61 Å². The molecule has 0 N–H and O–H groups in total. The van der Waals surface area contributed by atoms with E-state index in [1.54, 1.807) is 25.3 Å². The Morgan fingerprint density at radius 2 is 1.83 bits per heavy atom. The van der Waals surface area contributed by atoms with Gasteiger partial charge in [-0.25, -0.2) is 4.39 Å². The van der Waals surface area contributed by atoms with Crippen LogP contribution >= 0.6 is 0 Å². The van der Waals surface area contributed by atoms with Crippen molar-refractivity contribution in [3.8, 4) is 28.6 Å². The molecule has 0 aliphatic carbocycles. The smallest absolute Gasteiger partial charge is 0.264 e. The minimum atomic E-state index is -0.524. The molecule has 0 aliphatic heterocycles. The van der Waals surface area contributed by atoms with E-state index in [0.717, 1.165) is 11.3 Å². The van der Waals surface area contributed by atoms with Crippen LogP contribution in [0.25, 0.3) is 11.4 Å². The fourth-order valence-corrected chi connectivity index (χ4v) is 2.09. The monoisotopic (exact) mass is 330 g/mol. The molecular weight excluding hydrogens is 315 g/mol. The SMILES string of the molecule is COc1ccc(-c2noc(COc3c(F)cccc3OC)n2)cc1. The number of benzene rings is 2. The van der Waals surface area contributed by atoms with Crippen molar-refractivity contribution in [3.63, 3.8) is 0 Å². The molecule has 0 unspecified atom stereocenters. The van der Waals surface area contributed by atoms with E-state index in [1.807, 2.05) is 12.1 Å². The van der Waals surface area contributed by atoms with Gasteiger partial charge in [-0.2, -0.15) is 4.98 Å². The van der Waals surface area contributed by atoms with Crippen molar-refractivity contribution in [1.29, 1.82) is 0 Å². The fraction of sp³-hybridized carbons (Fsp3) is 0.176. The van der Waals surface area contributed by atoms with Crippen molar-refractivity contribution < 1.29 is 23.1 Å². The van der Waals surface area contributed by atoms with E-state index in [4.69, 9.17) is 18.7 Å². The number of para-hydroxylation sites is 1. The van der Waals surface area contributed by atoms with Crippen LogP contribution in [0.15, 0.2) is 47.0 Å². The Morgan fingerprint density at radius 3 is 2.54 bits per heavy atom. The molecule has 0 amide bonds. The maximum atomic E-state index is 13.8. The second kappa shape index (κ2) is 6.99. The Hall–Kier alpha value is -3.09. The second-order valence-corrected chi connectivity index (χ2v) is 4.80. The van der Waals surface area contributed by atoms with E-state index in [0.29, 0.717) is 11.6 Å². The van der Waals surface area contributed by atoms with Crippen LogP contribution in [0.3, 0.4) is 0 Å². The molecule has 0 saturated carbocycles. The normalized spacial score (nSPS) is 10.5. The number of hydrogen-bond acceptors (Lipinski definition) is 6. The van der Waals surface area contributed by atoms with Gasteiger partial charge < -0.3 is 18.7 Å². The van der Waals surface area contributed by atoms with E-state index < -0.39 is 5.82 Å². The van der Waals surface area contributed by atoms with E-state index in [1.165, 1.54) is 19.2 Å². The summed E-state index contributed by atoms with van der Waals surface area (Å²) in [5.74, 6) is 1.15. The van der Waals surface area contributed by atoms with Crippen molar-refractivity contribution in [2.75, 3.05) is 14.2 Å². The predicted octanol–water partition coefficient (Wildman–Crippen LogP) is 3.47. The van der Waals surface area contributed by atoms with Crippen LogP contribution in [0, 0.1) is 5.82 Å². The summed E-state index contributed by atoms with van der Waals surface area (Å²) in [4.78, 5) is 4.23. The minimum absolute atomic E-state index is 0.00389. The van der Waals surface area contributed by atoms with Crippen molar-refractivity contribution in [2.24, 2.45) is 0 Å². The molecule has 1 aromatic heterocycles. The van der Waals surface area contributed by atoms with Gasteiger partial charge in [0.15, 0.2) is 23.9 Å². The highest BCUT2D eigenvalue weighted by atomic mass is 19.1. The molecule has 3 aromatic rings. The lowest BCUT2D eigenvalue weighted by Gasteiger charge is -2.09. The minimum Gasteiger partial charge on any atom is -0.497 e. The van der Waals surface area contributed by atoms with Gasteiger partial charge in [0.1, 0.15) is 5.75 Å². The van der Waals surface area contributed by atoms with Gasteiger partial charge in [0, 0.05) is 5.56 Å². The molecule has 24 heavy (non-hydrogen) atoms. The van der Waals surface area contributed by atoms with E-state index >= 15 is 0 Å². The van der Waals surface area contributed by atoms with Crippen molar-refractivity contribution >= 4 is 0 Å². The van der Waals surface area contributed by atoms with Crippen LogP contribution < -0.4 is 14.2 Å². The number of methoxy groups -OCH3 is 2. The summed E-state index contributed by atoms with van der Waals surface area (Å²) < 4.78 is 34.5. The molecule has 0 atom stereocenters. The highest BCUT2D eigenvalue weighted by molar-refractivity contribution is 5.55. The van der Waals surface area contributed by atoms with Crippen LogP contribution in [-0.4, -0.2) is 24.4 Å². The third-order valence-corrected chi connectivity index (χ3v) is 3.31. The summed E-state index contributed by atoms with van der Waals surface area (Å²) in [6.07, 6.45) is 0. The first-order valence-electron chi connectivity index (χ1n) is 7.13. The zero-order valence-corrected chi connectivity index (χ0v) is 13.2. The highest BCUT2D eigenvalue weighted by Gasteiger charge is 2.14. The molecule has 2 aromatic carbocycles. The van der Waals surface area contributed by atoms with Crippen molar-refractivity contribution in [1.82, 2.24) is 10.1 Å². The van der Waals surface area contributed by atoms with E-state index in [2.05, 4.69) is 10.1 Å². The molecule has 0 saturated heterocycles. The molecular formula is C17H15FN2O4. The number of halogens is 1. The van der Waals surface area contributed by atoms with Gasteiger partial charge in [0.25, 0.3) is 5.89 Å². The number of hydrogen-bond donors (Lipinski definition) is 0. The standard InChI is InChI=1S/C17H15FN2O4/c1-21-12-8-6-11(7-9-12)17-19-15(24-20-17)10-23-16-13(18)4-3-5-14(16)22-2/h3-9H,10H2,1-2H3. The molecule has 7 heteroatoms. The van der Waals surface area contributed by atoms with E-state index in [9.17, 15) is 4.39 Å². The quantitative estimate of drug-likeness (QED) is 0.689. The van der Waals surface area contributed by atoms with E-state index in [-0.39, 0.29) is 18.2 Å². The van der Waals surface area contributed by atoms with Crippen LogP contribution in [0.2, 0.25) is 0 Å². The second-order valence-electron chi connectivity index (χ2n) is 4.80. The first-order chi connectivity index (χ1) is 11.7. The van der Waals surface area contributed by atoms with Gasteiger partial charge in [-0.05, 0) is 36.4 Å². The predicted molar refractivity (Wildman–Crippen MR) is 83.6 cm³/mol. The first-order valence-corrected chi connectivity index (χ1v) is 7.13. The zero-order chi connectivity index (χ0) is 16.9. The number of ether oxygens (including phenoxy) is 3. The zero-order valence-electron chi connectivity index (χ0n) is 13.2. The summed E-state index contributed by atoms with van der Waals surface area (Å²) >= 11 is 0. The van der Waals surface area contributed by atoms with Gasteiger partial charge >= 0.3 is 0 Å². The lowest BCUT2D eigenvalue weighted by molar-refractivity contribution is 0.224. The third-order valence-electron chi connectivity index (χ3n) is 3.31. The van der Waals surface area contributed by atoms with Gasteiger partial charge in [-0.1, -0.05) is 11.2 Å². The Kier molecular flexibility index (Phi) is 4.60. The van der Waals surface area contributed by atoms with Crippen LogP contribution in [0.1, 0.15) is 5.89 Å². The molecule has 6 nitrogen and oxygen atoms in total. The molecule has 0 fully saturated rings. The molecule has 0 spiro atoms. The Labute approximate surface area is 137 Å². The topological polar surface area (TPSA) is 66.6 Å². The van der Waals surface area contributed by atoms with Crippen LogP contribution in [0.5, 0.6) is 17.2 Å². The largest absolute Gasteiger partial charge is 0.497 e. The molecule has 0 bridgehead atoms. The summed E-state index contributed by atoms with van der Waals surface area (Å²) in [6.45, 7) is -0.0690. The Bertz CT molecular complexity index is 818. The highest BCUT2D eigenvalue weighted by Crippen LogP contribution is 2.30.